The first-order valence-corrected chi connectivity index (χ1v) is 7.58. The normalized spacial score (nSPS) is 11.9. The maximum absolute atomic E-state index is 11.7. The number of benzene rings is 1. The van der Waals surface area contributed by atoms with E-state index in [1.54, 1.807) is 10.9 Å². The molecule has 7 nitrogen and oxygen atoms in total. The molecular weight excluding hydrogens is 304 g/mol. The molecule has 0 fully saturated rings. The largest absolute Gasteiger partial charge is 0.480 e. The number of hydrogen-bond donors (Lipinski definition) is 2. The van der Waals surface area contributed by atoms with Crippen LogP contribution in [0.1, 0.15) is 12.5 Å². The van der Waals surface area contributed by atoms with E-state index in [0.717, 1.165) is 11.3 Å². The number of carboxylic acids is 1. The van der Waals surface area contributed by atoms with E-state index in [0.29, 0.717) is 5.16 Å². The van der Waals surface area contributed by atoms with Gasteiger partial charge in [0, 0.05) is 5.69 Å². The minimum absolute atomic E-state index is 0.0716. The highest BCUT2D eigenvalue weighted by Crippen LogP contribution is 2.19. The lowest BCUT2D eigenvalue weighted by Crippen LogP contribution is -2.39. The number of nitrogens with one attached hydrogen (secondary N) is 1. The second kappa shape index (κ2) is 7.08. The summed E-state index contributed by atoms with van der Waals surface area (Å²) in [6.07, 6.45) is 1.57. The van der Waals surface area contributed by atoms with E-state index in [4.69, 9.17) is 5.11 Å². The van der Waals surface area contributed by atoms with Gasteiger partial charge in [0.15, 0.2) is 5.16 Å². The van der Waals surface area contributed by atoms with Gasteiger partial charge in [-0.1, -0.05) is 29.5 Å². The molecule has 1 aromatic carbocycles. The lowest BCUT2D eigenvalue weighted by molar-refractivity contribution is -0.140. The number of thioether (sulfide) groups is 1. The van der Waals surface area contributed by atoms with Crippen molar-refractivity contribution in [3.05, 3.63) is 36.2 Å². The van der Waals surface area contributed by atoms with Crippen LogP contribution in [0.4, 0.5) is 0 Å². The second-order valence-corrected chi connectivity index (χ2v) is 5.68. The minimum atomic E-state index is -1.07. The Hall–Kier alpha value is -2.35. The summed E-state index contributed by atoms with van der Waals surface area (Å²) < 4.78 is 1.78. The molecule has 2 N–H and O–H groups in total. The Balaban J connectivity index is 2.00. The van der Waals surface area contributed by atoms with Crippen molar-refractivity contribution in [3.63, 3.8) is 0 Å². The molecular formula is C14H16N4O3S. The first-order valence-electron chi connectivity index (χ1n) is 6.59. The molecule has 22 heavy (non-hydrogen) atoms. The zero-order valence-corrected chi connectivity index (χ0v) is 13.0. The molecule has 0 saturated heterocycles. The predicted octanol–water partition coefficient (Wildman–Crippen LogP) is 1.26. The fourth-order valence-corrected chi connectivity index (χ4v) is 2.42. The van der Waals surface area contributed by atoms with Gasteiger partial charge in [-0.05, 0) is 26.0 Å². The van der Waals surface area contributed by atoms with Crippen molar-refractivity contribution >= 4 is 23.6 Å². The SMILES string of the molecule is Cc1ccc(-n2cnnc2SCC(=O)N[C@@H](C)C(=O)O)cc1. The highest BCUT2D eigenvalue weighted by atomic mass is 32.2. The molecule has 1 aromatic heterocycles. The van der Waals surface area contributed by atoms with Crippen molar-refractivity contribution in [3.8, 4) is 5.69 Å². The summed E-state index contributed by atoms with van der Waals surface area (Å²) in [5.41, 5.74) is 2.05. The average molecular weight is 320 g/mol. The van der Waals surface area contributed by atoms with Crippen molar-refractivity contribution in [2.24, 2.45) is 0 Å². The fourth-order valence-electron chi connectivity index (χ4n) is 1.68. The highest BCUT2D eigenvalue weighted by Gasteiger charge is 2.15. The van der Waals surface area contributed by atoms with Crippen LogP contribution in [0.2, 0.25) is 0 Å². The third-order valence-corrected chi connectivity index (χ3v) is 3.85. The monoisotopic (exact) mass is 320 g/mol. The number of nitrogens with zero attached hydrogens (tertiary/aromatic N) is 3. The number of carboxylic acid groups (broad SMARTS) is 1. The Bertz CT molecular complexity index is 669. The van der Waals surface area contributed by atoms with Gasteiger partial charge in [-0.15, -0.1) is 10.2 Å². The number of aryl methyl sites for hydroxylation is 1. The lowest BCUT2D eigenvalue weighted by atomic mass is 10.2. The summed E-state index contributed by atoms with van der Waals surface area (Å²) in [6, 6.07) is 6.92. The van der Waals surface area contributed by atoms with Crippen molar-refractivity contribution < 1.29 is 14.7 Å². The second-order valence-electron chi connectivity index (χ2n) is 4.74. The van der Waals surface area contributed by atoms with Crippen LogP contribution in [-0.4, -0.2) is 43.5 Å². The standard InChI is InChI=1S/C14H16N4O3S/c1-9-3-5-11(6-4-9)18-8-15-17-14(18)22-7-12(19)16-10(2)13(20)21/h3-6,8,10H,7H2,1-2H3,(H,16,19)(H,20,21)/t10-/m0/s1. The number of amides is 1. The summed E-state index contributed by atoms with van der Waals surface area (Å²) in [5, 5.41) is 19.5. The molecule has 0 spiro atoms. The molecule has 1 heterocycles. The zero-order valence-electron chi connectivity index (χ0n) is 12.2. The number of aromatic nitrogens is 3. The molecule has 0 radical (unpaired) electrons. The van der Waals surface area contributed by atoms with Gasteiger partial charge in [0.2, 0.25) is 5.91 Å². The van der Waals surface area contributed by atoms with Crippen LogP contribution in [0, 0.1) is 6.92 Å². The van der Waals surface area contributed by atoms with Gasteiger partial charge in [-0.25, -0.2) is 0 Å². The molecule has 2 aromatic rings. The molecule has 1 amide bonds. The van der Waals surface area contributed by atoms with E-state index < -0.39 is 12.0 Å². The summed E-state index contributed by atoms with van der Waals surface area (Å²) in [4.78, 5) is 22.4. The van der Waals surface area contributed by atoms with Crippen LogP contribution in [0.25, 0.3) is 5.69 Å². The Morgan fingerprint density at radius 3 is 2.68 bits per heavy atom. The number of carbonyl (C=O) groups excluding carboxylic acids is 1. The van der Waals surface area contributed by atoms with E-state index in [1.807, 2.05) is 31.2 Å². The molecule has 0 bridgehead atoms. The van der Waals surface area contributed by atoms with E-state index in [9.17, 15) is 9.59 Å². The zero-order chi connectivity index (χ0) is 16.1. The molecule has 2 rings (SSSR count). The molecule has 0 aliphatic heterocycles. The fraction of sp³-hybridized carbons (Fsp3) is 0.286. The molecule has 0 aliphatic rings. The molecule has 0 saturated carbocycles. The van der Waals surface area contributed by atoms with Crippen molar-refractivity contribution in [2.75, 3.05) is 5.75 Å². The first-order chi connectivity index (χ1) is 10.5. The van der Waals surface area contributed by atoms with Crippen LogP contribution in [0.15, 0.2) is 35.7 Å². The van der Waals surface area contributed by atoms with Crippen LogP contribution < -0.4 is 5.32 Å². The smallest absolute Gasteiger partial charge is 0.325 e. The minimum Gasteiger partial charge on any atom is -0.480 e. The Morgan fingerprint density at radius 1 is 1.36 bits per heavy atom. The topological polar surface area (TPSA) is 97.1 Å². The Labute approximate surface area is 131 Å². The average Bonchev–Trinajstić information content (AvgIpc) is 2.94. The number of rotatable bonds is 6. The van der Waals surface area contributed by atoms with Crippen molar-refractivity contribution in [1.29, 1.82) is 0 Å². The van der Waals surface area contributed by atoms with Crippen LogP contribution in [0.3, 0.4) is 0 Å². The molecule has 8 heteroatoms. The maximum atomic E-state index is 11.7. The van der Waals surface area contributed by atoms with Gasteiger partial charge in [-0.3, -0.25) is 14.2 Å². The van der Waals surface area contributed by atoms with Gasteiger partial charge in [0.1, 0.15) is 12.4 Å². The van der Waals surface area contributed by atoms with Crippen LogP contribution in [0.5, 0.6) is 0 Å². The summed E-state index contributed by atoms with van der Waals surface area (Å²) in [7, 11) is 0. The molecule has 0 aliphatic carbocycles. The summed E-state index contributed by atoms with van der Waals surface area (Å²) in [6.45, 7) is 3.42. The van der Waals surface area contributed by atoms with E-state index in [2.05, 4.69) is 15.5 Å². The van der Waals surface area contributed by atoms with E-state index in [1.165, 1.54) is 18.7 Å². The van der Waals surface area contributed by atoms with E-state index in [-0.39, 0.29) is 11.7 Å². The molecule has 1 atom stereocenters. The molecule has 116 valence electrons. The third-order valence-electron chi connectivity index (χ3n) is 2.91. The van der Waals surface area contributed by atoms with Gasteiger partial charge in [-0.2, -0.15) is 0 Å². The van der Waals surface area contributed by atoms with Gasteiger partial charge >= 0.3 is 5.97 Å². The highest BCUT2D eigenvalue weighted by molar-refractivity contribution is 7.99. The summed E-state index contributed by atoms with van der Waals surface area (Å²) >= 11 is 1.20. The Kier molecular flexibility index (Phi) is 5.16. The number of hydrogen-bond acceptors (Lipinski definition) is 5. The quantitative estimate of drug-likeness (QED) is 0.778. The third kappa shape index (κ3) is 4.08. The van der Waals surface area contributed by atoms with Gasteiger partial charge in [0.05, 0.1) is 5.75 Å². The lowest BCUT2D eigenvalue weighted by Gasteiger charge is -2.09. The van der Waals surface area contributed by atoms with Crippen molar-refractivity contribution in [1.82, 2.24) is 20.1 Å². The number of carbonyl (C=O) groups is 2. The van der Waals surface area contributed by atoms with Gasteiger partial charge < -0.3 is 10.4 Å². The van der Waals surface area contributed by atoms with Crippen LogP contribution >= 0.6 is 11.8 Å². The van der Waals surface area contributed by atoms with Crippen molar-refractivity contribution in [2.45, 2.75) is 25.0 Å². The van der Waals surface area contributed by atoms with E-state index >= 15 is 0 Å². The summed E-state index contributed by atoms with van der Waals surface area (Å²) in [5.74, 6) is -1.36. The van der Waals surface area contributed by atoms with Gasteiger partial charge in [0.25, 0.3) is 0 Å². The molecule has 0 unspecified atom stereocenters. The van der Waals surface area contributed by atoms with Crippen LogP contribution in [-0.2, 0) is 9.59 Å². The maximum Gasteiger partial charge on any atom is 0.325 e. The first kappa shape index (κ1) is 16.0. The Morgan fingerprint density at radius 2 is 2.05 bits per heavy atom. The number of aliphatic carboxylic acids is 1. The predicted molar refractivity (Wildman–Crippen MR) is 82.1 cm³/mol.